The van der Waals surface area contributed by atoms with Gasteiger partial charge in [0.25, 0.3) is 5.91 Å². The molecule has 0 spiro atoms. The zero-order chi connectivity index (χ0) is 16.2. The molecule has 1 aromatic rings. The lowest BCUT2D eigenvalue weighted by Crippen LogP contribution is -2.37. The van der Waals surface area contributed by atoms with E-state index in [1.165, 1.54) is 24.3 Å². The van der Waals surface area contributed by atoms with Crippen LogP contribution in [0, 0.1) is 11.8 Å². The summed E-state index contributed by atoms with van der Waals surface area (Å²) in [5.74, 6) is 0.658. The first-order chi connectivity index (χ1) is 9.61. The van der Waals surface area contributed by atoms with Gasteiger partial charge in [0.2, 0.25) is 10.0 Å². The van der Waals surface area contributed by atoms with Crippen LogP contribution >= 0.6 is 0 Å². The second-order valence-corrected chi connectivity index (χ2v) is 7.63. The molecular formula is C15H24N2O3S. The Labute approximate surface area is 127 Å². The second-order valence-electron chi connectivity index (χ2n) is 6.07. The molecule has 0 saturated heterocycles. The van der Waals surface area contributed by atoms with Crippen LogP contribution in [0.3, 0.4) is 0 Å². The average molecular weight is 312 g/mol. The van der Waals surface area contributed by atoms with Gasteiger partial charge in [0.1, 0.15) is 0 Å². The Kier molecular flexibility index (Phi) is 5.92. The van der Waals surface area contributed by atoms with E-state index in [4.69, 9.17) is 5.14 Å². The Bertz CT molecular complexity index is 567. The van der Waals surface area contributed by atoms with Crippen molar-refractivity contribution in [3.63, 3.8) is 0 Å². The lowest BCUT2D eigenvalue weighted by Gasteiger charge is -2.26. The normalized spacial score (nSPS) is 12.0. The van der Waals surface area contributed by atoms with Crippen LogP contribution in [-0.2, 0) is 10.0 Å². The van der Waals surface area contributed by atoms with E-state index in [2.05, 4.69) is 27.7 Å². The highest BCUT2D eigenvalue weighted by molar-refractivity contribution is 7.89. The van der Waals surface area contributed by atoms with E-state index in [0.717, 1.165) is 0 Å². The van der Waals surface area contributed by atoms with Gasteiger partial charge < -0.3 is 4.90 Å². The van der Waals surface area contributed by atoms with Crippen LogP contribution in [-0.4, -0.2) is 32.3 Å². The highest BCUT2D eigenvalue weighted by atomic mass is 32.2. The molecule has 1 aromatic carbocycles. The summed E-state index contributed by atoms with van der Waals surface area (Å²) in [5, 5.41) is 5.05. The van der Waals surface area contributed by atoms with Crippen molar-refractivity contribution in [1.82, 2.24) is 4.90 Å². The number of sulfonamides is 1. The van der Waals surface area contributed by atoms with Crippen molar-refractivity contribution in [2.45, 2.75) is 32.6 Å². The number of primary sulfonamides is 1. The van der Waals surface area contributed by atoms with E-state index in [1.807, 2.05) is 0 Å². The average Bonchev–Trinajstić information content (AvgIpc) is 2.35. The molecule has 2 N–H and O–H groups in total. The van der Waals surface area contributed by atoms with Gasteiger partial charge in [-0.05, 0) is 36.1 Å². The molecule has 0 aromatic heterocycles. The highest BCUT2D eigenvalue weighted by Crippen LogP contribution is 2.13. The van der Waals surface area contributed by atoms with Crippen LogP contribution in [0.25, 0.3) is 0 Å². The van der Waals surface area contributed by atoms with Gasteiger partial charge in [-0.3, -0.25) is 4.79 Å². The largest absolute Gasteiger partial charge is 0.338 e. The molecule has 0 bridgehead atoms. The summed E-state index contributed by atoms with van der Waals surface area (Å²) in [4.78, 5) is 14.3. The fourth-order valence-corrected chi connectivity index (χ4v) is 2.61. The van der Waals surface area contributed by atoms with Crippen LogP contribution in [0.5, 0.6) is 0 Å². The molecule has 1 amide bonds. The van der Waals surface area contributed by atoms with E-state index < -0.39 is 10.0 Å². The molecule has 0 heterocycles. The number of nitrogens with two attached hydrogens (primary N) is 1. The molecule has 0 atom stereocenters. The fourth-order valence-electron chi connectivity index (χ4n) is 2.09. The molecule has 0 aliphatic carbocycles. The third kappa shape index (κ3) is 5.47. The molecule has 1 rings (SSSR count). The summed E-state index contributed by atoms with van der Waals surface area (Å²) in [6.45, 7) is 9.59. The molecule has 0 aliphatic heterocycles. The maximum atomic E-state index is 12.5. The quantitative estimate of drug-likeness (QED) is 0.873. The first kappa shape index (κ1) is 17.7. The smallest absolute Gasteiger partial charge is 0.253 e. The fraction of sp³-hybridized carbons (Fsp3) is 0.533. The maximum absolute atomic E-state index is 12.5. The van der Waals surface area contributed by atoms with Crippen molar-refractivity contribution >= 4 is 15.9 Å². The number of hydrogen-bond acceptors (Lipinski definition) is 3. The van der Waals surface area contributed by atoms with Crippen LogP contribution in [0.1, 0.15) is 38.1 Å². The van der Waals surface area contributed by atoms with E-state index in [0.29, 0.717) is 30.5 Å². The number of benzene rings is 1. The summed E-state index contributed by atoms with van der Waals surface area (Å²) in [6.07, 6.45) is 0. The van der Waals surface area contributed by atoms with Gasteiger partial charge >= 0.3 is 0 Å². The van der Waals surface area contributed by atoms with E-state index in [-0.39, 0.29) is 10.8 Å². The number of hydrogen-bond donors (Lipinski definition) is 1. The highest BCUT2D eigenvalue weighted by Gasteiger charge is 2.18. The summed E-state index contributed by atoms with van der Waals surface area (Å²) < 4.78 is 22.4. The number of amides is 1. The molecule has 6 heteroatoms. The van der Waals surface area contributed by atoms with Gasteiger partial charge in [-0.15, -0.1) is 0 Å². The zero-order valence-corrected chi connectivity index (χ0v) is 13.9. The Morgan fingerprint density at radius 1 is 1.05 bits per heavy atom. The minimum absolute atomic E-state index is 0.0123. The number of carbonyl (C=O) groups excluding carboxylic acids is 1. The first-order valence-electron chi connectivity index (χ1n) is 7.03. The number of carbonyl (C=O) groups is 1. The van der Waals surface area contributed by atoms with Crippen molar-refractivity contribution in [1.29, 1.82) is 0 Å². The predicted molar refractivity (Wildman–Crippen MR) is 83.4 cm³/mol. The monoisotopic (exact) mass is 312 g/mol. The SMILES string of the molecule is CC(C)CN(CC(C)C)C(=O)c1ccc(S(N)(=O)=O)cc1. The minimum Gasteiger partial charge on any atom is -0.338 e. The van der Waals surface area contributed by atoms with Crippen molar-refractivity contribution in [2.75, 3.05) is 13.1 Å². The number of nitrogens with zero attached hydrogens (tertiary/aromatic N) is 1. The third-order valence-electron chi connectivity index (χ3n) is 2.89. The summed E-state index contributed by atoms with van der Waals surface area (Å²) in [5.41, 5.74) is 0.476. The Morgan fingerprint density at radius 2 is 1.48 bits per heavy atom. The molecule has 5 nitrogen and oxygen atoms in total. The van der Waals surface area contributed by atoms with Gasteiger partial charge in [-0.2, -0.15) is 0 Å². The maximum Gasteiger partial charge on any atom is 0.253 e. The van der Waals surface area contributed by atoms with Crippen molar-refractivity contribution in [2.24, 2.45) is 17.0 Å². The molecule has 0 unspecified atom stereocenters. The van der Waals surface area contributed by atoms with Gasteiger partial charge in [0.15, 0.2) is 0 Å². The molecule has 118 valence electrons. The van der Waals surface area contributed by atoms with Gasteiger partial charge in [0, 0.05) is 18.7 Å². The van der Waals surface area contributed by atoms with Crippen LogP contribution in [0.15, 0.2) is 29.2 Å². The van der Waals surface area contributed by atoms with E-state index in [9.17, 15) is 13.2 Å². The molecule has 21 heavy (non-hydrogen) atoms. The van der Waals surface area contributed by atoms with Gasteiger partial charge in [-0.25, -0.2) is 13.6 Å². The summed E-state index contributed by atoms with van der Waals surface area (Å²) in [6, 6.07) is 5.75. The van der Waals surface area contributed by atoms with Crippen molar-refractivity contribution < 1.29 is 13.2 Å². The van der Waals surface area contributed by atoms with Crippen LogP contribution < -0.4 is 5.14 Å². The molecular weight excluding hydrogens is 288 g/mol. The van der Waals surface area contributed by atoms with E-state index >= 15 is 0 Å². The third-order valence-corrected chi connectivity index (χ3v) is 3.82. The van der Waals surface area contributed by atoms with Crippen LogP contribution in [0.4, 0.5) is 0 Å². The molecule has 0 aliphatic rings. The Morgan fingerprint density at radius 3 is 1.81 bits per heavy atom. The topological polar surface area (TPSA) is 80.5 Å². The zero-order valence-electron chi connectivity index (χ0n) is 13.0. The molecule has 0 radical (unpaired) electrons. The van der Waals surface area contributed by atoms with Gasteiger partial charge in [-0.1, -0.05) is 27.7 Å². The lowest BCUT2D eigenvalue weighted by molar-refractivity contribution is 0.0715. The van der Waals surface area contributed by atoms with Crippen molar-refractivity contribution in [3.05, 3.63) is 29.8 Å². The summed E-state index contributed by atoms with van der Waals surface area (Å²) >= 11 is 0. The van der Waals surface area contributed by atoms with Gasteiger partial charge in [0.05, 0.1) is 4.90 Å². The number of rotatable bonds is 6. The minimum atomic E-state index is -3.73. The first-order valence-corrected chi connectivity index (χ1v) is 8.58. The standard InChI is InChI=1S/C15H24N2O3S/c1-11(2)9-17(10-12(3)4)15(18)13-5-7-14(8-6-13)21(16,19)20/h5-8,11-12H,9-10H2,1-4H3,(H2,16,19,20). The summed E-state index contributed by atoms with van der Waals surface area (Å²) in [7, 11) is -3.73. The lowest BCUT2D eigenvalue weighted by atomic mass is 10.1. The van der Waals surface area contributed by atoms with Crippen LogP contribution in [0.2, 0.25) is 0 Å². The second kappa shape index (κ2) is 7.04. The van der Waals surface area contributed by atoms with E-state index in [1.54, 1.807) is 4.90 Å². The Hall–Kier alpha value is -1.40. The molecule has 0 saturated carbocycles. The predicted octanol–water partition coefficient (Wildman–Crippen LogP) is 2.09. The van der Waals surface area contributed by atoms with Crippen molar-refractivity contribution in [3.8, 4) is 0 Å². The Balaban J connectivity index is 2.98. The molecule has 0 fully saturated rings.